The first-order valence-electron chi connectivity index (χ1n) is 5.73. The number of carboxylic acids is 1. The van der Waals surface area contributed by atoms with Crippen LogP contribution in [0.5, 0.6) is 0 Å². The molecule has 0 heterocycles. The summed E-state index contributed by atoms with van der Waals surface area (Å²) in [7, 11) is 0. The maximum Gasteiger partial charge on any atom is 0.338 e. The molecule has 4 nitrogen and oxygen atoms in total. The summed E-state index contributed by atoms with van der Waals surface area (Å²) in [5.41, 5.74) is -1.76. The molecule has 19 heavy (non-hydrogen) atoms. The standard InChI is InChI=1S/C13H15F2NO3/c1-4-13(2,3)12(19)16-10-5-7(11(17)18)8(14)6-9(10)15/h5-6H,4H2,1-3H3,(H,16,19)(H,17,18). The Morgan fingerprint density at radius 3 is 2.32 bits per heavy atom. The van der Waals surface area contributed by atoms with Gasteiger partial charge in [0.05, 0.1) is 11.3 Å². The Kier molecular flexibility index (Phi) is 4.24. The molecule has 0 aliphatic heterocycles. The van der Waals surface area contributed by atoms with Crippen molar-refractivity contribution in [3.8, 4) is 0 Å². The lowest BCUT2D eigenvalue weighted by Crippen LogP contribution is -2.30. The molecule has 1 amide bonds. The third-order valence-corrected chi connectivity index (χ3v) is 3.03. The van der Waals surface area contributed by atoms with Crippen molar-refractivity contribution in [3.63, 3.8) is 0 Å². The second kappa shape index (κ2) is 5.34. The van der Waals surface area contributed by atoms with Crippen LogP contribution in [0.4, 0.5) is 14.5 Å². The number of amides is 1. The van der Waals surface area contributed by atoms with Crippen molar-refractivity contribution in [2.24, 2.45) is 5.41 Å². The number of benzene rings is 1. The first kappa shape index (κ1) is 15.1. The molecule has 1 aromatic rings. The number of rotatable bonds is 4. The van der Waals surface area contributed by atoms with Crippen molar-refractivity contribution < 1.29 is 23.5 Å². The molecule has 1 aromatic carbocycles. The molecular formula is C13H15F2NO3. The molecule has 0 fully saturated rings. The van der Waals surface area contributed by atoms with Crippen LogP contribution in [0, 0.1) is 17.0 Å². The first-order chi connectivity index (χ1) is 8.69. The fourth-order valence-electron chi connectivity index (χ4n) is 1.26. The Hall–Kier alpha value is -1.98. The molecule has 0 aliphatic carbocycles. The lowest BCUT2D eigenvalue weighted by molar-refractivity contribution is -0.124. The quantitative estimate of drug-likeness (QED) is 0.884. The van der Waals surface area contributed by atoms with Crippen molar-refractivity contribution in [1.29, 1.82) is 0 Å². The van der Waals surface area contributed by atoms with Crippen LogP contribution < -0.4 is 5.32 Å². The van der Waals surface area contributed by atoms with Crippen LogP contribution in [0.2, 0.25) is 0 Å². The highest BCUT2D eigenvalue weighted by molar-refractivity contribution is 5.96. The largest absolute Gasteiger partial charge is 0.478 e. The van der Waals surface area contributed by atoms with Crippen LogP contribution in [0.15, 0.2) is 12.1 Å². The third-order valence-electron chi connectivity index (χ3n) is 3.03. The number of hydrogen-bond donors (Lipinski definition) is 2. The Labute approximate surface area is 109 Å². The van der Waals surface area contributed by atoms with E-state index in [9.17, 15) is 18.4 Å². The smallest absolute Gasteiger partial charge is 0.338 e. The fourth-order valence-corrected chi connectivity index (χ4v) is 1.26. The van der Waals surface area contributed by atoms with Crippen molar-refractivity contribution in [2.45, 2.75) is 27.2 Å². The van der Waals surface area contributed by atoms with Crippen LogP contribution in [-0.2, 0) is 4.79 Å². The van der Waals surface area contributed by atoms with E-state index in [2.05, 4.69) is 5.32 Å². The van der Waals surface area contributed by atoms with Gasteiger partial charge in [0.15, 0.2) is 0 Å². The zero-order valence-corrected chi connectivity index (χ0v) is 10.9. The van der Waals surface area contributed by atoms with E-state index in [-0.39, 0.29) is 5.69 Å². The summed E-state index contributed by atoms with van der Waals surface area (Å²) in [6.07, 6.45) is 0.521. The molecule has 0 saturated heterocycles. The van der Waals surface area contributed by atoms with Crippen LogP contribution in [-0.4, -0.2) is 17.0 Å². The maximum absolute atomic E-state index is 13.5. The van der Waals surface area contributed by atoms with Gasteiger partial charge in [0, 0.05) is 11.5 Å². The van der Waals surface area contributed by atoms with Gasteiger partial charge in [-0.05, 0) is 12.5 Å². The molecule has 0 saturated carbocycles. The Morgan fingerprint density at radius 2 is 1.84 bits per heavy atom. The zero-order valence-electron chi connectivity index (χ0n) is 10.9. The Balaban J connectivity index is 3.12. The van der Waals surface area contributed by atoms with E-state index in [4.69, 9.17) is 5.11 Å². The van der Waals surface area contributed by atoms with Gasteiger partial charge in [-0.25, -0.2) is 13.6 Å². The zero-order chi connectivity index (χ0) is 14.8. The molecule has 2 N–H and O–H groups in total. The number of nitrogens with one attached hydrogen (secondary N) is 1. The Bertz CT molecular complexity index is 527. The third kappa shape index (κ3) is 3.27. The second-order valence-electron chi connectivity index (χ2n) is 4.81. The van der Waals surface area contributed by atoms with Gasteiger partial charge in [0.1, 0.15) is 11.6 Å². The van der Waals surface area contributed by atoms with Gasteiger partial charge in [-0.1, -0.05) is 20.8 Å². The molecule has 104 valence electrons. The number of carbonyl (C=O) groups excluding carboxylic acids is 1. The molecule has 0 bridgehead atoms. The molecule has 0 radical (unpaired) electrons. The van der Waals surface area contributed by atoms with E-state index >= 15 is 0 Å². The summed E-state index contributed by atoms with van der Waals surface area (Å²) in [6.45, 7) is 5.13. The number of halogens is 2. The second-order valence-corrected chi connectivity index (χ2v) is 4.81. The van der Waals surface area contributed by atoms with Crippen LogP contribution >= 0.6 is 0 Å². The van der Waals surface area contributed by atoms with E-state index in [1.165, 1.54) is 0 Å². The highest BCUT2D eigenvalue weighted by atomic mass is 19.1. The topological polar surface area (TPSA) is 66.4 Å². The number of hydrogen-bond acceptors (Lipinski definition) is 2. The fraction of sp³-hybridized carbons (Fsp3) is 0.385. The summed E-state index contributed by atoms with van der Waals surface area (Å²) in [6, 6.07) is 1.22. The van der Waals surface area contributed by atoms with Crippen molar-refractivity contribution in [2.75, 3.05) is 5.32 Å². The van der Waals surface area contributed by atoms with Crippen molar-refractivity contribution in [1.82, 2.24) is 0 Å². The minimum atomic E-state index is -1.53. The number of carboxylic acid groups (broad SMARTS) is 1. The van der Waals surface area contributed by atoms with E-state index in [1.807, 2.05) is 0 Å². The van der Waals surface area contributed by atoms with Gasteiger partial charge in [-0.3, -0.25) is 4.79 Å². The average Bonchev–Trinajstić information content (AvgIpc) is 2.31. The van der Waals surface area contributed by atoms with Gasteiger partial charge in [0.2, 0.25) is 5.91 Å². The molecule has 0 aliphatic rings. The molecule has 0 spiro atoms. The van der Waals surface area contributed by atoms with E-state index < -0.39 is 34.5 Å². The summed E-state index contributed by atoms with van der Waals surface area (Å²) >= 11 is 0. The predicted octanol–water partition coefficient (Wildman–Crippen LogP) is 3.04. The monoisotopic (exact) mass is 271 g/mol. The van der Waals surface area contributed by atoms with Crippen LogP contribution in [0.1, 0.15) is 37.6 Å². The van der Waals surface area contributed by atoms with Crippen molar-refractivity contribution >= 4 is 17.6 Å². The average molecular weight is 271 g/mol. The number of anilines is 1. The van der Waals surface area contributed by atoms with Gasteiger partial charge < -0.3 is 10.4 Å². The molecule has 0 atom stereocenters. The lowest BCUT2D eigenvalue weighted by atomic mass is 9.89. The molecule has 0 aromatic heterocycles. The molecule has 6 heteroatoms. The normalized spacial score (nSPS) is 11.2. The van der Waals surface area contributed by atoms with Crippen molar-refractivity contribution in [3.05, 3.63) is 29.3 Å². The maximum atomic E-state index is 13.5. The molecule has 0 unspecified atom stereocenters. The van der Waals surface area contributed by atoms with E-state index in [0.29, 0.717) is 12.5 Å². The minimum Gasteiger partial charge on any atom is -0.478 e. The SMILES string of the molecule is CCC(C)(C)C(=O)Nc1cc(C(=O)O)c(F)cc1F. The van der Waals surface area contributed by atoms with E-state index in [1.54, 1.807) is 20.8 Å². The molecule has 1 rings (SSSR count). The minimum absolute atomic E-state index is 0.342. The van der Waals surface area contributed by atoms with Crippen LogP contribution in [0.25, 0.3) is 0 Å². The van der Waals surface area contributed by atoms with Crippen LogP contribution in [0.3, 0.4) is 0 Å². The van der Waals surface area contributed by atoms with Gasteiger partial charge in [-0.15, -0.1) is 0 Å². The summed E-state index contributed by atoms with van der Waals surface area (Å²) in [5, 5.41) is 11.0. The Morgan fingerprint density at radius 1 is 1.26 bits per heavy atom. The first-order valence-corrected chi connectivity index (χ1v) is 5.73. The number of carbonyl (C=O) groups is 2. The highest BCUT2D eigenvalue weighted by Crippen LogP contribution is 2.25. The highest BCUT2D eigenvalue weighted by Gasteiger charge is 2.26. The molecular weight excluding hydrogens is 256 g/mol. The summed E-state index contributed by atoms with van der Waals surface area (Å²) in [5.74, 6) is -4.18. The van der Waals surface area contributed by atoms with E-state index in [0.717, 1.165) is 6.07 Å². The van der Waals surface area contributed by atoms with Gasteiger partial charge >= 0.3 is 5.97 Å². The number of aromatic carboxylic acids is 1. The summed E-state index contributed by atoms with van der Waals surface area (Å²) in [4.78, 5) is 22.6. The van der Waals surface area contributed by atoms with Gasteiger partial charge in [-0.2, -0.15) is 0 Å². The summed E-state index contributed by atoms with van der Waals surface area (Å²) < 4.78 is 26.7. The lowest BCUT2D eigenvalue weighted by Gasteiger charge is -2.21. The van der Waals surface area contributed by atoms with Gasteiger partial charge in [0.25, 0.3) is 0 Å². The predicted molar refractivity (Wildman–Crippen MR) is 66.0 cm³/mol.